The second-order valence-electron chi connectivity index (χ2n) is 7.17. The number of carboxylic acid groups (broad SMARTS) is 1. The maximum Gasteiger partial charge on any atom is 0.326 e. The third-order valence-corrected chi connectivity index (χ3v) is 4.72. The van der Waals surface area contributed by atoms with Crippen LogP contribution >= 0.6 is 0 Å². The van der Waals surface area contributed by atoms with Crippen LogP contribution in [0.25, 0.3) is 0 Å². The van der Waals surface area contributed by atoms with Crippen LogP contribution in [-0.2, 0) is 30.4 Å². The number of carbonyl (C=O) groups excluding carboxylic acids is 4. The zero-order valence-corrected chi connectivity index (χ0v) is 16.8. The second-order valence-corrected chi connectivity index (χ2v) is 7.17. The minimum Gasteiger partial charge on any atom is -0.480 e. The summed E-state index contributed by atoms with van der Waals surface area (Å²) in [5.74, 6) is -3.72. The Bertz CT molecular complexity index is 791. The van der Waals surface area contributed by atoms with E-state index in [1.54, 1.807) is 0 Å². The quantitative estimate of drug-likeness (QED) is 0.180. The highest BCUT2D eigenvalue weighted by Gasteiger charge is 2.28. The molecule has 4 amide bonds. The topological polar surface area (TPSA) is 208 Å². The van der Waals surface area contributed by atoms with Crippen LogP contribution in [0.4, 0.5) is 0 Å². The summed E-state index contributed by atoms with van der Waals surface area (Å²) in [6.45, 7) is 0.394. The molecule has 1 aromatic rings. The molecule has 0 radical (unpaired) electrons. The lowest BCUT2D eigenvalue weighted by Crippen LogP contribution is -2.54. The molecular formula is C18H27N7O6. The summed E-state index contributed by atoms with van der Waals surface area (Å²) < 4.78 is 0. The number of rotatable bonds is 12. The average molecular weight is 437 g/mol. The number of nitrogens with one attached hydrogen (secondary N) is 5. The Balaban J connectivity index is 1.97. The molecular weight excluding hydrogens is 410 g/mol. The largest absolute Gasteiger partial charge is 0.480 e. The van der Waals surface area contributed by atoms with Gasteiger partial charge in [0.05, 0.1) is 18.9 Å². The Morgan fingerprint density at radius 2 is 2.00 bits per heavy atom. The molecule has 0 saturated carbocycles. The first-order valence-corrected chi connectivity index (χ1v) is 9.85. The summed E-state index contributed by atoms with van der Waals surface area (Å²) in [6, 6.07) is -2.84. The predicted molar refractivity (Wildman–Crippen MR) is 106 cm³/mol. The maximum absolute atomic E-state index is 12.7. The van der Waals surface area contributed by atoms with Crippen molar-refractivity contribution in [3.63, 3.8) is 0 Å². The van der Waals surface area contributed by atoms with Crippen LogP contribution in [0.1, 0.15) is 31.4 Å². The van der Waals surface area contributed by atoms with E-state index >= 15 is 0 Å². The molecule has 2 heterocycles. The SMILES string of the molecule is NC(=O)CCC(NC(=O)C(Cc1cnc[nH]1)NC(=O)CNC(=O)C1CCCN1)C(=O)O. The molecule has 3 atom stereocenters. The molecule has 1 aliphatic heterocycles. The van der Waals surface area contributed by atoms with Crippen LogP contribution < -0.4 is 27.0 Å². The summed E-state index contributed by atoms with van der Waals surface area (Å²) in [5, 5.41) is 19.6. The van der Waals surface area contributed by atoms with Gasteiger partial charge >= 0.3 is 5.97 Å². The number of carboxylic acids is 1. The highest BCUT2D eigenvalue weighted by Crippen LogP contribution is 2.05. The molecule has 170 valence electrons. The van der Waals surface area contributed by atoms with Crippen LogP contribution in [0.15, 0.2) is 12.5 Å². The molecule has 31 heavy (non-hydrogen) atoms. The number of H-pyrrole nitrogens is 1. The molecule has 2 rings (SSSR count). The fourth-order valence-corrected chi connectivity index (χ4v) is 3.09. The van der Waals surface area contributed by atoms with Crippen LogP contribution in [-0.4, -0.2) is 75.9 Å². The summed E-state index contributed by atoms with van der Waals surface area (Å²) in [4.78, 5) is 66.0. The van der Waals surface area contributed by atoms with Crippen molar-refractivity contribution in [2.24, 2.45) is 5.73 Å². The molecule has 0 spiro atoms. The highest BCUT2D eigenvalue weighted by atomic mass is 16.4. The van der Waals surface area contributed by atoms with Gasteiger partial charge in [0.2, 0.25) is 23.6 Å². The monoisotopic (exact) mass is 437 g/mol. The van der Waals surface area contributed by atoms with Crippen molar-refractivity contribution in [2.75, 3.05) is 13.1 Å². The molecule has 13 heteroatoms. The standard InChI is InChI=1S/C18H27N7O6/c19-14(26)4-3-12(18(30)31)25-17(29)13(6-10-7-20-9-23-10)24-15(27)8-22-16(28)11-2-1-5-21-11/h7,9,11-13,21H,1-6,8H2,(H2,19,26)(H,20,23)(H,22,28)(H,24,27)(H,25,29)(H,30,31). The van der Waals surface area contributed by atoms with E-state index in [4.69, 9.17) is 5.73 Å². The Morgan fingerprint density at radius 1 is 1.23 bits per heavy atom. The van der Waals surface area contributed by atoms with Gasteiger partial charge < -0.3 is 37.1 Å². The van der Waals surface area contributed by atoms with Crippen LogP contribution in [0, 0.1) is 0 Å². The van der Waals surface area contributed by atoms with E-state index in [1.807, 2.05) is 0 Å². The van der Waals surface area contributed by atoms with Crippen molar-refractivity contribution >= 4 is 29.6 Å². The number of hydrogen-bond acceptors (Lipinski definition) is 7. The number of hydrogen-bond donors (Lipinski definition) is 7. The van der Waals surface area contributed by atoms with Gasteiger partial charge in [0.15, 0.2) is 0 Å². The van der Waals surface area contributed by atoms with Gasteiger partial charge in [-0.3, -0.25) is 19.2 Å². The third-order valence-electron chi connectivity index (χ3n) is 4.72. The second kappa shape index (κ2) is 11.6. The number of aromatic nitrogens is 2. The predicted octanol–water partition coefficient (Wildman–Crippen LogP) is -2.86. The van der Waals surface area contributed by atoms with Gasteiger partial charge in [0, 0.05) is 24.7 Å². The first-order chi connectivity index (χ1) is 14.8. The van der Waals surface area contributed by atoms with E-state index in [1.165, 1.54) is 12.5 Å². The number of aliphatic carboxylic acids is 1. The summed E-state index contributed by atoms with van der Waals surface area (Å²) in [7, 11) is 0. The minimum atomic E-state index is -1.35. The molecule has 0 aromatic carbocycles. The highest BCUT2D eigenvalue weighted by molar-refractivity contribution is 5.92. The zero-order chi connectivity index (χ0) is 22.8. The molecule has 1 aromatic heterocycles. The van der Waals surface area contributed by atoms with Crippen molar-refractivity contribution in [3.05, 3.63) is 18.2 Å². The van der Waals surface area contributed by atoms with Gasteiger partial charge in [-0.25, -0.2) is 9.78 Å². The molecule has 8 N–H and O–H groups in total. The minimum absolute atomic E-state index is 0.0118. The van der Waals surface area contributed by atoms with E-state index in [9.17, 15) is 29.1 Å². The van der Waals surface area contributed by atoms with Gasteiger partial charge in [-0.05, 0) is 25.8 Å². The number of nitrogens with zero attached hydrogens (tertiary/aromatic N) is 1. The Kier molecular flexibility index (Phi) is 8.94. The van der Waals surface area contributed by atoms with Crippen molar-refractivity contribution in [1.29, 1.82) is 0 Å². The van der Waals surface area contributed by atoms with E-state index < -0.39 is 35.8 Å². The first-order valence-electron chi connectivity index (χ1n) is 9.85. The van der Waals surface area contributed by atoms with Crippen molar-refractivity contribution in [1.82, 2.24) is 31.2 Å². The normalized spacial score (nSPS) is 17.4. The molecule has 0 aliphatic carbocycles. The lowest BCUT2D eigenvalue weighted by molar-refractivity contribution is -0.142. The number of primary amides is 1. The van der Waals surface area contributed by atoms with Crippen LogP contribution in [0.2, 0.25) is 0 Å². The number of imidazole rings is 1. The number of amides is 4. The Morgan fingerprint density at radius 3 is 2.58 bits per heavy atom. The summed E-state index contributed by atoms with van der Waals surface area (Å²) >= 11 is 0. The van der Waals surface area contributed by atoms with Gasteiger partial charge in [0.25, 0.3) is 0 Å². The van der Waals surface area contributed by atoms with E-state index in [0.717, 1.165) is 13.0 Å². The van der Waals surface area contributed by atoms with Crippen molar-refractivity contribution in [2.45, 2.75) is 50.2 Å². The number of carbonyl (C=O) groups is 5. The molecule has 13 nitrogen and oxygen atoms in total. The molecule has 1 saturated heterocycles. The fraction of sp³-hybridized carbons (Fsp3) is 0.556. The zero-order valence-electron chi connectivity index (χ0n) is 16.8. The summed E-state index contributed by atoms with van der Waals surface area (Å²) in [5.41, 5.74) is 5.57. The summed E-state index contributed by atoms with van der Waals surface area (Å²) in [6.07, 6.45) is 4.01. The number of aromatic amines is 1. The van der Waals surface area contributed by atoms with Crippen molar-refractivity contribution < 1.29 is 29.1 Å². The molecule has 3 unspecified atom stereocenters. The van der Waals surface area contributed by atoms with Crippen LogP contribution in [0.3, 0.4) is 0 Å². The fourth-order valence-electron chi connectivity index (χ4n) is 3.09. The molecule has 1 fully saturated rings. The van der Waals surface area contributed by atoms with Gasteiger partial charge in [-0.1, -0.05) is 0 Å². The lowest BCUT2D eigenvalue weighted by atomic mass is 10.1. The Labute approximate surface area is 177 Å². The molecule has 0 bridgehead atoms. The van der Waals surface area contributed by atoms with Crippen molar-refractivity contribution in [3.8, 4) is 0 Å². The van der Waals surface area contributed by atoms with Gasteiger partial charge in [0.1, 0.15) is 12.1 Å². The lowest BCUT2D eigenvalue weighted by Gasteiger charge is -2.21. The van der Waals surface area contributed by atoms with Crippen LogP contribution in [0.5, 0.6) is 0 Å². The number of nitrogens with two attached hydrogens (primary N) is 1. The first kappa shape index (κ1) is 23.8. The third kappa shape index (κ3) is 8.04. The maximum atomic E-state index is 12.7. The van der Waals surface area contributed by atoms with Gasteiger partial charge in [-0.2, -0.15) is 0 Å². The molecule has 1 aliphatic rings. The average Bonchev–Trinajstić information content (AvgIpc) is 3.42. The van der Waals surface area contributed by atoms with Gasteiger partial charge in [-0.15, -0.1) is 0 Å². The van der Waals surface area contributed by atoms with E-state index in [2.05, 4.69) is 31.2 Å². The smallest absolute Gasteiger partial charge is 0.326 e. The Hall–Kier alpha value is -3.48. The van der Waals surface area contributed by atoms with E-state index in [-0.39, 0.29) is 37.8 Å². The van der Waals surface area contributed by atoms with E-state index in [0.29, 0.717) is 12.1 Å².